The van der Waals surface area contributed by atoms with Crippen molar-refractivity contribution in [1.29, 1.82) is 0 Å². The van der Waals surface area contributed by atoms with Crippen LogP contribution in [0.4, 0.5) is 0 Å². The summed E-state index contributed by atoms with van der Waals surface area (Å²) in [5.41, 5.74) is 0.254. The van der Waals surface area contributed by atoms with E-state index in [1.807, 2.05) is 12.3 Å². The monoisotopic (exact) mass is 334 g/mol. The molecule has 0 aliphatic heterocycles. The SMILES string of the molecule is CN(C)C(=O)COc1cc(C(=O)NCCCn2cccn2)nn1C. The van der Waals surface area contributed by atoms with Crippen molar-refractivity contribution in [2.24, 2.45) is 7.05 Å². The zero-order valence-electron chi connectivity index (χ0n) is 14.1. The molecule has 0 aromatic carbocycles. The second kappa shape index (κ2) is 8.14. The van der Waals surface area contributed by atoms with Gasteiger partial charge < -0.3 is 15.0 Å². The molecule has 0 unspecified atom stereocenters. The molecule has 1 N–H and O–H groups in total. The molecule has 0 saturated carbocycles. The second-order valence-electron chi connectivity index (χ2n) is 5.45. The molecular weight excluding hydrogens is 312 g/mol. The average Bonchev–Trinajstić information content (AvgIpc) is 3.18. The Morgan fingerprint density at radius 3 is 2.83 bits per heavy atom. The van der Waals surface area contributed by atoms with Crippen LogP contribution >= 0.6 is 0 Å². The molecule has 0 bridgehead atoms. The van der Waals surface area contributed by atoms with Crippen LogP contribution in [0.2, 0.25) is 0 Å². The van der Waals surface area contributed by atoms with Crippen LogP contribution in [-0.4, -0.2) is 63.5 Å². The molecule has 2 amide bonds. The Morgan fingerprint density at radius 2 is 2.17 bits per heavy atom. The van der Waals surface area contributed by atoms with Gasteiger partial charge >= 0.3 is 0 Å². The van der Waals surface area contributed by atoms with Crippen LogP contribution in [0.5, 0.6) is 5.88 Å². The quantitative estimate of drug-likeness (QED) is 0.681. The molecular formula is C15H22N6O3. The molecule has 0 spiro atoms. The van der Waals surface area contributed by atoms with E-state index >= 15 is 0 Å². The molecule has 24 heavy (non-hydrogen) atoms. The maximum Gasteiger partial charge on any atom is 0.271 e. The number of nitrogens with zero attached hydrogens (tertiary/aromatic N) is 5. The summed E-state index contributed by atoms with van der Waals surface area (Å²) in [6.07, 6.45) is 4.36. The topological polar surface area (TPSA) is 94.3 Å². The first-order valence-corrected chi connectivity index (χ1v) is 7.60. The molecule has 2 aromatic heterocycles. The number of likely N-dealkylation sites (N-methyl/N-ethyl adjacent to an activating group) is 1. The minimum atomic E-state index is -0.278. The van der Waals surface area contributed by atoms with Gasteiger partial charge in [0.05, 0.1) is 0 Å². The minimum absolute atomic E-state index is 0.0997. The van der Waals surface area contributed by atoms with Gasteiger partial charge in [-0.3, -0.25) is 14.3 Å². The van der Waals surface area contributed by atoms with Crippen molar-refractivity contribution in [2.45, 2.75) is 13.0 Å². The zero-order chi connectivity index (χ0) is 17.5. The van der Waals surface area contributed by atoms with E-state index in [2.05, 4.69) is 15.5 Å². The highest BCUT2D eigenvalue weighted by atomic mass is 16.5. The van der Waals surface area contributed by atoms with Gasteiger partial charge in [0.15, 0.2) is 12.3 Å². The Balaban J connectivity index is 1.79. The maximum absolute atomic E-state index is 12.1. The Bertz CT molecular complexity index is 677. The number of ether oxygens (including phenoxy) is 1. The van der Waals surface area contributed by atoms with Crippen LogP contribution in [0.1, 0.15) is 16.9 Å². The van der Waals surface area contributed by atoms with Crippen molar-refractivity contribution in [3.05, 3.63) is 30.2 Å². The van der Waals surface area contributed by atoms with E-state index in [1.165, 1.54) is 15.6 Å². The van der Waals surface area contributed by atoms with E-state index in [-0.39, 0.29) is 24.1 Å². The van der Waals surface area contributed by atoms with Gasteiger partial charge in [-0.2, -0.15) is 10.2 Å². The van der Waals surface area contributed by atoms with Gasteiger partial charge in [-0.25, -0.2) is 4.68 Å². The fourth-order valence-corrected chi connectivity index (χ4v) is 1.93. The number of aryl methyl sites for hydroxylation is 2. The van der Waals surface area contributed by atoms with E-state index in [1.54, 1.807) is 32.0 Å². The Labute approximate surface area is 140 Å². The van der Waals surface area contributed by atoms with Crippen LogP contribution in [0.15, 0.2) is 24.5 Å². The number of aromatic nitrogens is 4. The summed E-state index contributed by atoms with van der Waals surface area (Å²) < 4.78 is 8.62. The lowest BCUT2D eigenvalue weighted by atomic mass is 10.3. The Morgan fingerprint density at radius 1 is 1.38 bits per heavy atom. The summed E-state index contributed by atoms with van der Waals surface area (Å²) in [5, 5.41) is 11.0. The van der Waals surface area contributed by atoms with Crippen molar-refractivity contribution in [2.75, 3.05) is 27.2 Å². The van der Waals surface area contributed by atoms with E-state index in [9.17, 15) is 9.59 Å². The first-order valence-electron chi connectivity index (χ1n) is 7.60. The molecule has 2 aromatic rings. The third-order valence-corrected chi connectivity index (χ3v) is 3.32. The molecule has 0 atom stereocenters. The first kappa shape index (κ1) is 17.5. The molecule has 0 aliphatic rings. The lowest BCUT2D eigenvalue weighted by molar-refractivity contribution is -0.130. The van der Waals surface area contributed by atoms with Crippen LogP contribution in [0.25, 0.3) is 0 Å². The summed E-state index contributed by atoms with van der Waals surface area (Å²) >= 11 is 0. The number of carbonyl (C=O) groups is 2. The number of nitrogens with one attached hydrogen (secondary N) is 1. The van der Waals surface area contributed by atoms with E-state index in [0.717, 1.165) is 13.0 Å². The van der Waals surface area contributed by atoms with Gasteiger partial charge in [-0.05, 0) is 12.5 Å². The van der Waals surface area contributed by atoms with E-state index in [0.29, 0.717) is 12.4 Å². The fourth-order valence-electron chi connectivity index (χ4n) is 1.93. The van der Waals surface area contributed by atoms with Crippen molar-refractivity contribution < 1.29 is 14.3 Å². The lowest BCUT2D eigenvalue weighted by Crippen LogP contribution is -2.27. The molecule has 0 aliphatic carbocycles. The largest absolute Gasteiger partial charge is 0.468 e. The van der Waals surface area contributed by atoms with Crippen LogP contribution in [0.3, 0.4) is 0 Å². The fraction of sp³-hybridized carbons (Fsp3) is 0.467. The number of hydrogen-bond acceptors (Lipinski definition) is 5. The third-order valence-electron chi connectivity index (χ3n) is 3.32. The number of hydrogen-bond donors (Lipinski definition) is 1. The van der Waals surface area contributed by atoms with E-state index < -0.39 is 0 Å². The number of carbonyl (C=O) groups excluding carboxylic acids is 2. The highest BCUT2D eigenvalue weighted by Crippen LogP contribution is 2.12. The van der Waals surface area contributed by atoms with Crippen LogP contribution < -0.4 is 10.1 Å². The number of amides is 2. The lowest BCUT2D eigenvalue weighted by Gasteiger charge is -2.10. The van der Waals surface area contributed by atoms with Gasteiger partial charge in [-0.1, -0.05) is 0 Å². The third kappa shape index (κ3) is 4.83. The first-order chi connectivity index (χ1) is 11.5. The Kier molecular flexibility index (Phi) is 5.94. The van der Waals surface area contributed by atoms with Crippen molar-refractivity contribution in [3.63, 3.8) is 0 Å². The Hall–Kier alpha value is -2.84. The molecule has 0 fully saturated rings. The maximum atomic E-state index is 12.1. The molecule has 2 heterocycles. The van der Waals surface area contributed by atoms with Gasteiger partial charge in [0.1, 0.15) is 0 Å². The van der Waals surface area contributed by atoms with Gasteiger partial charge in [0.25, 0.3) is 11.8 Å². The van der Waals surface area contributed by atoms with Crippen molar-refractivity contribution in [1.82, 2.24) is 29.8 Å². The predicted octanol–water partition coefficient (Wildman–Crippen LogP) is -0.0963. The smallest absolute Gasteiger partial charge is 0.271 e. The summed E-state index contributed by atoms with van der Waals surface area (Å²) in [6, 6.07) is 3.38. The van der Waals surface area contributed by atoms with Crippen LogP contribution in [0, 0.1) is 0 Å². The van der Waals surface area contributed by atoms with Gasteiger partial charge in [0, 0.05) is 52.7 Å². The summed E-state index contributed by atoms with van der Waals surface area (Å²) in [5.74, 6) is -0.0763. The molecule has 9 nitrogen and oxygen atoms in total. The average molecular weight is 334 g/mol. The van der Waals surface area contributed by atoms with Crippen LogP contribution in [-0.2, 0) is 18.4 Å². The van der Waals surface area contributed by atoms with Gasteiger partial charge in [0.2, 0.25) is 5.88 Å². The molecule has 2 rings (SSSR count). The summed E-state index contributed by atoms with van der Waals surface area (Å²) in [6.45, 7) is 1.15. The normalized spacial score (nSPS) is 10.5. The highest BCUT2D eigenvalue weighted by molar-refractivity contribution is 5.92. The number of rotatable bonds is 8. The summed E-state index contributed by atoms with van der Waals surface area (Å²) in [4.78, 5) is 25.0. The van der Waals surface area contributed by atoms with Crippen molar-refractivity contribution in [3.8, 4) is 5.88 Å². The molecule has 0 radical (unpaired) electrons. The zero-order valence-corrected chi connectivity index (χ0v) is 14.1. The highest BCUT2D eigenvalue weighted by Gasteiger charge is 2.14. The summed E-state index contributed by atoms with van der Waals surface area (Å²) in [7, 11) is 4.96. The predicted molar refractivity (Wildman–Crippen MR) is 86.6 cm³/mol. The second-order valence-corrected chi connectivity index (χ2v) is 5.45. The molecule has 130 valence electrons. The van der Waals surface area contributed by atoms with Gasteiger partial charge in [-0.15, -0.1) is 0 Å². The van der Waals surface area contributed by atoms with Crippen molar-refractivity contribution >= 4 is 11.8 Å². The molecule has 9 heteroatoms. The standard InChI is InChI=1S/C15H22N6O3/c1-19(2)13(22)11-24-14-10-12(18-20(14)3)15(23)16-6-4-8-21-9-5-7-17-21/h5,7,9-10H,4,6,8,11H2,1-3H3,(H,16,23). The van der Waals surface area contributed by atoms with E-state index in [4.69, 9.17) is 4.74 Å². The minimum Gasteiger partial charge on any atom is -0.468 e. The molecule has 0 saturated heterocycles.